The van der Waals surface area contributed by atoms with Crippen molar-refractivity contribution in [1.29, 1.82) is 0 Å². The predicted octanol–water partition coefficient (Wildman–Crippen LogP) is 10.5. The Hall–Kier alpha value is -4.17. The lowest BCUT2D eigenvalue weighted by Gasteiger charge is -2.31. The van der Waals surface area contributed by atoms with Crippen LogP contribution in [0.3, 0.4) is 0 Å². The molecule has 60 heavy (non-hydrogen) atoms. The van der Waals surface area contributed by atoms with Crippen molar-refractivity contribution in [3.63, 3.8) is 0 Å². The van der Waals surface area contributed by atoms with E-state index < -0.39 is 68.1 Å². The molecule has 0 aliphatic heterocycles. The van der Waals surface area contributed by atoms with Crippen LogP contribution in [0.1, 0.15) is 127 Å². The van der Waals surface area contributed by atoms with Crippen molar-refractivity contribution in [1.82, 2.24) is 5.32 Å². The fourth-order valence-electron chi connectivity index (χ4n) is 6.00. The van der Waals surface area contributed by atoms with Crippen LogP contribution in [0.5, 0.6) is 0 Å². The lowest BCUT2D eigenvalue weighted by Crippen LogP contribution is -2.46. The Balaban J connectivity index is 2.15. The zero-order chi connectivity index (χ0) is 45.6. The number of alkyl carbamates (subject to hydrolysis) is 1. The van der Waals surface area contributed by atoms with E-state index >= 15 is 0 Å². The Bertz CT molecular complexity index is 1720. The molecule has 0 aliphatic carbocycles. The van der Waals surface area contributed by atoms with Gasteiger partial charge in [0.25, 0.3) is 0 Å². The molecular formula is C44H71N4O11P. The van der Waals surface area contributed by atoms with E-state index in [-0.39, 0.29) is 12.3 Å². The Morgan fingerprint density at radius 3 is 1.85 bits per heavy atom. The van der Waals surface area contributed by atoms with Gasteiger partial charge >= 0.3 is 31.9 Å². The molecule has 2 aromatic rings. The largest absolute Gasteiger partial charge is 0.478 e. The highest BCUT2D eigenvalue weighted by atomic mass is 31.2. The summed E-state index contributed by atoms with van der Waals surface area (Å²) in [7, 11) is -4.16. The normalized spacial score (nSPS) is 13.7. The maximum Gasteiger partial charge on any atom is 0.478 e. The molecular weight excluding hydrogens is 791 g/mol. The number of rotatable bonds is 21. The fourth-order valence-corrected chi connectivity index (χ4v) is 7.67. The third kappa shape index (κ3) is 19.5. The van der Waals surface area contributed by atoms with E-state index in [1.165, 1.54) is 6.92 Å². The average Bonchev–Trinajstić information content (AvgIpc) is 3.07. The number of esters is 2. The number of phosphoric acid groups is 1. The van der Waals surface area contributed by atoms with Gasteiger partial charge in [0.05, 0.1) is 29.0 Å². The quantitative estimate of drug-likeness (QED) is 0.0615. The van der Waals surface area contributed by atoms with Crippen LogP contribution in [0.4, 0.5) is 26.7 Å². The summed E-state index contributed by atoms with van der Waals surface area (Å²) < 4.78 is 45.5. The number of carbonyl (C=O) groups is 4. The van der Waals surface area contributed by atoms with E-state index in [2.05, 4.69) is 48.5 Å². The topological polar surface area (TPSA) is 180 Å². The lowest BCUT2D eigenvalue weighted by molar-refractivity contribution is -0.187. The first kappa shape index (κ1) is 52.0. The van der Waals surface area contributed by atoms with E-state index in [0.29, 0.717) is 29.6 Å². The summed E-state index contributed by atoms with van der Waals surface area (Å²) in [4.78, 5) is 54.8. The van der Waals surface area contributed by atoms with Gasteiger partial charge in [-0.25, -0.2) is 23.5 Å². The minimum absolute atomic E-state index is 0.0334. The molecule has 0 spiro atoms. The van der Waals surface area contributed by atoms with Crippen LogP contribution < -0.4 is 20.9 Å². The summed E-state index contributed by atoms with van der Waals surface area (Å²) in [5.74, 6) is -1.50. The first-order chi connectivity index (χ1) is 27.7. The molecule has 15 nitrogen and oxygen atoms in total. The number of aryl methyl sites for hydroxylation is 1. The highest BCUT2D eigenvalue weighted by Gasteiger charge is 2.38. The van der Waals surface area contributed by atoms with Gasteiger partial charge in [0.15, 0.2) is 0 Å². The highest BCUT2D eigenvalue weighted by Crippen LogP contribution is 2.55. The van der Waals surface area contributed by atoms with E-state index in [1.807, 2.05) is 56.3 Å². The van der Waals surface area contributed by atoms with Crippen LogP contribution in [0.25, 0.3) is 0 Å². The van der Waals surface area contributed by atoms with Crippen molar-refractivity contribution < 1.29 is 51.5 Å². The molecule has 0 aliphatic rings. The van der Waals surface area contributed by atoms with Gasteiger partial charge in [0.2, 0.25) is 13.1 Å². The average molecular weight is 863 g/mol. The molecule has 338 valence electrons. The molecule has 2 aromatic carbocycles. The number of nitrogens with zero attached hydrogens (tertiary/aromatic N) is 1. The molecule has 3 atom stereocenters. The SMILES string of the molecule is CC[C@@H](CC(=O)OC(C)OC(=O)[C@@H](NC(=O)OCOP(=O)(OC(C)(C)C)OC(C)(C)C)C(C)C)c1ccc(N(CC(C)C)CC(C)C)c(NC(=O)Nc2ccc(C)cc2)c1. The summed E-state index contributed by atoms with van der Waals surface area (Å²) in [5, 5.41) is 8.39. The first-order valence-corrected chi connectivity index (χ1v) is 22.2. The lowest BCUT2D eigenvalue weighted by atomic mass is 9.92. The van der Waals surface area contributed by atoms with Gasteiger partial charge < -0.3 is 35.1 Å². The summed E-state index contributed by atoms with van der Waals surface area (Å²) >= 11 is 0. The summed E-state index contributed by atoms with van der Waals surface area (Å²) in [6, 6.07) is 11.8. The highest BCUT2D eigenvalue weighted by molar-refractivity contribution is 7.48. The molecule has 0 heterocycles. The van der Waals surface area contributed by atoms with Gasteiger partial charge in [0, 0.05) is 25.7 Å². The maximum absolute atomic E-state index is 13.3. The molecule has 16 heteroatoms. The zero-order valence-electron chi connectivity index (χ0n) is 38.4. The summed E-state index contributed by atoms with van der Waals surface area (Å²) in [5.41, 5.74) is 2.23. The molecule has 0 fully saturated rings. The molecule has 0 saturated carbocycles. The number of phosphoric ester groups is 1. The fraction of sp³-hybridized carbons (Fsp3) is 0.636. The molecule has 3 amide bonds. The zero-order valence-corrected chi connectivity index (χ0v) is 39.3. The van der Waals surface area contributed by atoms with Crippen LogP contribution in [-0.4, -0.2) is 67.5 Å². The van der Waals surface area contributed by atoms with Crippen molar-refractivity contribution in [2.24, 2.45) is 17.8 Å². The van der Waals surface area contributed by atoms with Gasteiger partial charge in [-0.05, 0) is 108 Å². The molecule has 0 bridgehead atoms. The minimum Gasteiger partial charge on any atom is -0.425 e. The molecule has 2 rings (SSSR count). The number of amides is 3. The van der Waals surface area contributed by atoms with Crippen molar-refractivity contribution in [3.8, 4) is 0 Å². The summed E-state index contributed by atoms with van der Waals surface area (Å²) in [6.07, 6.45) is -1.80. The number of benzene rings is 2. The molecule has 0 saturated heterocycles. The van der Waals surface area contributed by atoms with Crippen LogP contribution >= 0.6 is 7.82 Å². The number of carbonyl (C=O) groups excluding carboxylic acids is 4. The second-order valence-corrected chi connectivity index (χ2v) is 19.6. The van der Waals surface area contributed by atoms with Crippen molar-refractivity contribution in [3.05, 3.63) is 53.6 Å². The van der Waals surface area contributed by atoms with E-state index in [0.717, 1.165) is 29.9 Å². The van der Waals surface area contributed by atoms with Crippen molar-refractivity contribution in [2.75, 3.05) is 35.4 Å². The van der Waals surface area contributed by atoms with Gasteiger partial charge in [-0.2, -0.15) is 0 Å². The number of ether oxygens (including phenoxy) is 3. The second kappa shape index (κ2) is 23.2. The molecule has 0 radical (unpaired) electrons. The molecule has 1 unspecified atom stereocenters. The first-order valence-electron chi connectivity index (χ1n) is 20.7. The van der Waals surface area contributed by atoms with Crippen LogP contribution in [0.2, 0.25) is 0 Å². The third-order valence-corrected chi connectivity index (χ3v) is 10.4. The van der Waals surface area contributed by atoms with Gasteiger partial charge in [-0.15, -0.1) is 0 Å². The van der Waals surface area contributed by atoms with Crippen molar-refractivity contribution in [2.45, 2.75) is 146 Å². The Morgan fingerprint density at radius 2 is 1.35 bits per heavy atom. The van der Waals surface area contributed by atoms with Crippen LogP contribution in [-0.2, 0) is 41.9 Å². The van der Waals surface area contributed by atoms with Gasteiger partial charge in [-0.3, -0.25) is 13.8 Å². The van der Waals surface area contributed by atoms with Crippen LogP contribution in [0.15, 0.2) is 42.5 Å². The number of urea groups is 1. The number of hydrogen-bond acceptors (Lipinski definition) is 12. The standard InChI is InChI=1S/C44H71N4O11P/c1-16-33(34-19-22-37(48(25-28(2)3)26-29(4)5)36(23-34)46-41(51)45-35-20-17-31(8)18-21-35)24-38(49)56-32(9)57-40(50)39(30(6)7)47-42(52)54-27-55-60(53,58-43(10,11)12)59-44(13,14)15/h17-23,28-30,32-33,39H,16,24-27H2,1-15H3,(H,47,52)(H2,45,46,51)/t32?,33-,39-/m0/s1. The molecule has 0 aromatic heterocycles. The monoisotopic (exact) mass is 862 g/mol. The number of anilines is 3. The Kier molecular flexibility index (Phi) is 20.1. The Labute approximate surface area is 357 Å². The Morgan fingerprint density at radius 1 is 0.783 bits per heavy atom. The predicted molar refractivity (Wildman–Crippen MR) is 235 cm³/mol. The maximum atomic E-state index is 13.3. The third-order valence-electron chi connectivity index (χ3n) is 8.41. The van der Waals surface area contributed by atoms with E-state index in [9.17, 15) is 23.7 Å². The van der Waals surface area contributed by atoms with Gasteiger partial charge in [-0.1, -0.05) is 72.2 Å². The van der Waals surface area contributed by atoms with Crippen molar-refractivity contribution >= 4 is 48.9 Å². The van der Waals surface area contributed by atoms with Gasteiger partial charge in [0.1, 0.15) is 6.04 Å². The number of hydrogen-bond donors (Lipinski definition) is 3. The smallest absolute Gasteiger partial charge is 0.425 e. The minimum atomic E-state index is -4.16. The van der Waals surface area contributed by atoms with E-state index in [1.54, 1.807) is 55.4 Å². The molecule has 3 N–H and O–H groups in total. The summed E-state index contributed by atoms with van der Waals surface area (Å²) in [6.45, 7) is 28.1. The van der Waals surface area contributed by atoms with Crippen LogP contribution in [0, 0.1) is 24.7 Å². The number of nitrogens with one attached hydrogen (secondary N) is 3. The van der Waals surface area contributed by atoms with E-state index in [4.69, 9.17) is 27.8 Å². The second-order valence-electron chi connectivity index (χ2n) is 18.1.